The predicted octanol–water partition coefficient (Wildman–Crippen LogP) is 1.82. The van der Waals surface area contributed by atoms with E-state index >= 15 is 0 Å². The van der Waals surface area contributed by atoms with Gasteiger partial charge >= 0.3 is 0 Å². The third kappa shape index (κ3) is 2.48. The number of anilines is 1. The van der Waals surface area contributed by atoms with Gasteiger partial charge < -0.3 is 30.4 Å². The highest BCUT2D eigenvalue weighted by Gasteiger charge is 2.62. The van der Waals surface area contributed by atoms with Crippen LogP contribution in [0.2, 0.25) is 0 Å². The minimum absolute atomic E-state index is 0.108. The van der Waals surface area contributed by atoms with Crippen molar-refractivity contribution < 1.29 is 34.1 Å². The quantitative estimate of drug-likeness (QED) is 0.482. The van der Waals surface area contributed by atoms with Crippen LogP contribution < -0.4 is 10.6 Å². The number of allylic oxidation sites excluding steroid dienone is 2. The van der Waals surface area contributed by atoms with Crippen LogP contribution in [0.15, 0.2) is 39.5 Å². The molecule has 0 saturated heterocycles. The van der Waals surface area contributed by atoms with E-state index in [2.05, 4.69) is 4.98 Å². The molecular formula is C24H25N3O7. The molecule has 1 heterocycles. The molecule has 0 aliphatic heterocycles. The zero-order chi connectivity index (χ0) is 24.9. The van der Waals surface area contributed by atoms with Gasteiger partial charge in [-0.15, -0.1) is 0 Å². The van der Waals surface area contributed by atoms with Gasteiger partial charge in [-0.3, -0.25) is 14.4 Å². The molecule has 0 unspecified atom stereocenters. The van der Waals surface area contributed by atoms with Crippen LogP contribution in [-0.2, 0) is 15.0 Å². The molecule has 0 fully saturated rings. The molecule has 0 radical (unpaired) electrons. The summed E-state index contributed by atoms with van der Waals surface area (Å²) in [5, 5.41) is 33.1. The summed E-state index contributed by atoms with van der Waals surface area (Å²) >= 11 is 0. The lowest BCUT2D eigenvalue weighted by molar-refractivity contribution is -0.144. The number of nitrogens with two attached hydrogens (primary N) is 1. The maximum atomic E-state index is 13.9. The highest BCUT2D eigenvalue weighted by Crippen LogP contribution is 2.58. The zero-order valence-electron chi connectivity index (χ0n) is 19.2. The van der Waals surface area contributed by atoms with Crippen molar-refractivity contribution in [2.45, 2.75) is 37.7 Å². The van der Waals surface area contributed by atoms with Gasteiger partial charge in [-0.2, -0.15) is 0 Å². The highest BCUT2D eigenvalue weighted by atomic mass is 16.3. The monoisotopic (exact) mass is 467 g/mol. The lowest BCUT2D eigenvalue weighted by Gasteiger charge is -2.51. The summed E-state index contributed by atoms with van der Waals surface area (Å²) in [7, 11) is 3.69. The maximum Gasteiger partial charge on any atom is 0.255 e. The predicted molar refractivity (Wildman–Crippen MR) is 120 cm³/mol. The van der Waals surface area contributed by atoms with E-state index in [0.29, 0.717) is 11.1 Å². The fourth-order valence-electron chi connectivity index (χ4n) is 6.01. The molecule has 3 atom stereocenters. The summed E-state index contributed by atoms with van der Waals surface area (Å²) in [5.41, 5.74) is 3.46. The molecule has 178 valence electrons. The van der Waals surface area contributed by atoms with Crippen molar-refractivity contribution >= 4 is 34.3 Å². The van der Waals surface area contributed by atoms with E-state index < -0.39 is 57.4 Å². The van der Waals surface area contributed by atoms with Gasteiger partial charge in [-0.25, -0.2) is 4.98 Å². The number of aliphatic hydroxyl groups is 3. The second kappa shape index (κ2) is 6.69. The number of amides is 1. The number of Topliss-reactive ketones (excluding diaryl/α,β-unsaturated/α-hetero) is 2. The van der Waals surface area contributed by atoms with Crippen molar-refractivity contribution in [1.29, 1.82) is 0 Å². The van der Waals surface area contributed by atoms with Gasteiger partial charge in [0.25, 0.3) is 5.91 Å². The summed E-state index contributed by atoms with van der Waals surface area (Å²) in [5.74, 6) is -5.89. The molecule has 10 heteroatoms. The lowest BCUT2D eigenvalue weighted by Crippen LogP contribution is -2.59. The summed E-state index contributed by atoms with van der Waals surface area (Å²) in [6, 6.07) is 1.83. The molecule has 0 saturated carbocycles. The van der Waals surface area contributed by atoms with Gasteiger partial charge in [0, 0.05) is 43.6 Å². The van der Waals surface area contributed by atoms with E-state index in [4.69, 9.17) is 10.2 Å². The number of aromatic nitrogens is 1. The third-order valence-electron chi connectivity index (χ3n) is 7.69. The fourth-order valence-corrected chi connectivity index (χ4v) is 6.01. The first kappa shape index (κ1) is 22.1. The second-order valence-electron chi connectivity index (χ2n) is 10.0. The number of primary amides is 1. The Hall–Kier alpha value is -3.66. The summed E-state index contributed by atoms with van der Waals surface area (Å²) in [6.07, 6.45) is 1.09. The Morgan fingerprint density at radius 1 is 1.26 bits per heavy atom. The molecular weight excluding hydrogens is 442 g/mol. The SMILES string of the molecule is CN(C)c1cc2ncoc2c2c1C(C)(C)[C@H]1C[C@H]3CC(O)=C(C(N)=O)C(=O)[C@@]3(O)C(O)=C1C2=O. The van der Waals surface area contributed by atoms with Gasteiger partial charge in [-0.1, -0.05) is 13.8 Å². The molecule has 34 heavy (non-hydrogen) atoms. The molecule has 2 aromatic rings. The highest BCUT2D eigenvalue weighted by molar-refractivity contribution is 6.25. The van der Waals surface area contributed by atoms with E-state index in [-0.39, 0.29) is 29.6 Å². The van der Waals surface area contributed by atoms with Crippen LogP contribution in [0.25, 0.3) is 11.1 Å². The standard InChI is InChI=1S/C24H25N3O7/c1-23(2)10-5-9-6-13(28)15(22(25)32)21(31)24(9,33)20(30)14(10)18(29)16-17(23)12(27(3)4)7-11-19(16)34-8-26-11/h7-10,28,30,33H,5-6H2,1-4H3,(H2,25,32)/t9-,10-,24-/m0/s1. The van der Waals surface area contributed by atoms with Crippen LogP contribution in [0.4, 0.5) is 5.69 Å². The van der Waals surface area contributed by atoms with Crippen LogP contribution in [0.3, 0.4) is 0 Å². The smallest absolute Gasteiger partial charge is 0.255 e. The van der Waals surface area contributed by atoms with Gasteiger partial charge in [0.1, 0.15) is 22.6 Å². The molecule has 1 amide bonds. The van der Waals surface area contributed by atoms with Crippen molar-refractivity contribution in [3.05, 3.63) is 46.3 Å². The molecule has 5 N–H and O–H groups in total. The number of rotatable bonds is 2. The Kier molecular flexibility index (Phi) is 4.36. The molecule has 0 spiro atoms. The topological polar surface area (TPSA) is 167 Å². The van der Waals surface area contributed by atoms with E-state index in [1.54, 1.807) is 0 Å². The Morgan fingerprint density at radius 2 is 1.94 bits per heavy atom. The lowest BCUT2D eigenvalue weighted by atomic mass is 9.53. The summed E-state index contributed by atoms with van der Waals surface area (Å²) in [4.78, 5) is 45.0. The van der Waals surface area contributed by atoms with Crippen LogP contribution in [0, 0.1) is 11.8 Å². The fraction of sp³-hybridized carbons (Fsp3) is 0.417. The number of ketones is 2. The normalized spacial score (nSPS) is 28.0. The van der Waals surface area contributed by atoms with E-state index in [0.717, 1.165) is 5.69 Å². The minimum atomic E-state index is -2.55. The minimum Gasteiger partial charge on any atom is -0.511 e. The molecule has 10 nitrogen and oxygen atoms in total. The maximum absolute atomic E-state index is 13.9. The Morgan fingerprint density at radius 3 is 2.56 bits per heavy atom. The molecule has 3 aliphatic rings. The second-order valence-corrected chi connectivity index (χ2v) is 10.0. The molecule has 1 aromatic heterocycles. The summed E-state index contributed by atoms with van der Waals surface area (Å²) < 4.78 is 5.56. The van der Waals surface area contributed by atoms with Gasteiger partial charge in [0.05, 0.1) is 5.56 Å². The van der Waals surface area contributed by atoms with Crippen molar-refractivity contribution in [2.75, 3.05) is 19.0 Å². The Bertz CT molecular complexity index is 1380. The number of hydrogen-bond acceptors (Lipinski definition) is 9. The van der Waals surface area contributed by atoms with Gasteiger partial charge in [0.15, 0.2) is 23.4 Å². The van der Waals surface area contributed by atoms with Crippen molar-refractivity contribution in [1.82, 2.24) is 4.98 Å². The number of carbonyl (C=O) groups is 3. The number of hydrogen-bond donors (Lipinski definition) is 4. The zero-order valence-corrected chi connectivity index (χ0v) is 19.2. The first-order valence-electron chi connectivity index (χ1n) is 10.9. The average Bonchev–Trinajstić information content (AvgIpc) is 3.21. The largest absolute Gasteiger partial charge is 0.511 e. The summed E-state index contributed by atoms with van der Waals surface area (Å²) in [6.45, 7) is 3.84. The number of benzene rings is 1. The average molecular weight is 467 g/mol. The molecule has 5 rings (SSSR count). The van der Waals surface area contributed by atoms with Crippen LogP contribution in [-0.4, -0.2) is 57.5 Å². The number of aliphatic hydroxyl groups excluding tert-OH is 2. The van der Waals surface area contributed by atoms with E-state index in [1.807, 2.05) is 38.9 Å². The third-order valence-corrected chi connectivity index (χ3v) is 7.69. The van der Waals surface area contributed by atoms with Crippen LogP contribution in [0.5, 0.6) is 0 Å². The van der Waals surface area contributed by atoms with Gasteiger partial charge in [-0.05, 0) is 23.5 Å². The number of carbonyl (C=O) groups excluding carboxylic acids is 3. The molecule has 1 aromatic carbocycles. The van der Waals surface area contributed by atoms with Crippen molar-refractivity contribution in [3.8, 4) is 0 Å². The van der Waals surface area contributed by atoms with E-state index in [1.165, 1.54) is 6.39 Å². The number of nitrogens with zero attached hydrogens (tertiary/aromatic N) is 2. The first-order chi connectivity index (χ1) is 15.8. The van der Waals surface area contributed by atoms with Crippen LogP contribution >= 0.6 is 0 Å². The van der Waals surface area contributed by atoms with E-state index in [9.17, 15) is 29.7 Å². The Balaban J connectivity index is 1.83. The van der Waals surface area contributed by atoms with Crippen LogP contribution in [0.1, 0.15) is 42.6 Å². The Labute approximate surface area is 194 Å². The van der Waals surface area contributed by atoms with Crippen molar-refractivity contribution in [2.24, 2.45) is 17.6 Å². The first-order valence-corrected chi connectivity index (χ1v) is 10.9. The molecule has 0 bridgehead atoms. The molecule has 3 aliphatic carbocycles. The van der Waals surface area contributed by atoms with Crippen molar-refractivity contribution in [3.63, 3.8) is 0 Å². The van der Waals surface area contributed by atoms with Gasteiger partial charge in [0.2, 0.25) is 5.78 Å². The number of oxazole rings is 1. The number of fused-ring (bicyclic) bond motifs is 5.